The van der Waals surface area contributed by atoms with Crippen LogP contribution >= 0.6 is 0 Å². The molecule has 0 aliphatic rings. The van der Waals surface area contributed by atoms with Crippen molar-refractivity contribution in [3.8, 4) is 22.6 Å². The third-order valence-electron chi connectivity index (χ3n) is 5.93. The summed E-state index contributed by atoms with van der Waals surface area (Å²) in [6.45, 7) is 8.63. The van der Waals surface area contributed by atoms with Crippen LogP contribution in [0.4, 0.5) is 5.82 Å². The molecular weight excluding hydrogens is 456 g/mol. The summed E-state index contributed by atoms with van der Waals surface area (Å²) in [6.07, 6.45) is 5.31. The molecule has 1 aromatic carbocycles. The molecular formula is C26H28N8O2. The highest BCUT2D eigenvalue weighted by Gasteiger charge is 2.15. The molecule has 0 spiro atoms. The van der Waals surface area contributed by atoms with Crippen molar-refractivity contribution in [2.24, 2.45) is 0 Å². The molecule has 0 saturated heterocycles. The van der Waals surface area contributed by atoms with E-state index in [2.05, 4.69) is 30.6 Å². The van der Waals surface area contributed by atoms with E-state index in [1.807, 2.05) is 81.1 Å². The number of hydrogen-bond donors (Lipinski definition) is 2. The van der Waals surface area contributed by atoms with Crippen LogP contribution in [0.3, 0.4) is 0 Å². The number of rotatable bonds is 8. The molecule has 10 nitrogen and oxygen atoms in total. The van der Waals surface area contributed by atoms with Crippen LogP contribution in [0, 0.1) is 0 Å². The Balaban J connectivity index is 1.35. The van der Waals surface area contributed by atoms with Crippen molar-refractivity contribution in [3.63, 3.8) is 0 Å². The predicted octanol–water partition coefficient (Wildman–Crippen LogP) is 5.07. The summed E-state index contributed by atoms with van der Waals surface area (Å²) in [5.74, 6) is 0.810. The van der Waals surface area contributed by atoms with Gasteiger partial charge in [-0.15, -0.1) is 10.2 Å². The van der Waals surface area contributed by atoms with E-state index in [0.717, 1.165) is 22.0 Å². The number of carbonyl (C=O) groups excluding carboxylic acids is 1. The van der Waals surface area contributed by atoms with Gasteiger partial charge in [-0.25, -0.2) is 9.67 Å². The van der Waals surface area contributed by atoms with E-state index < -0.39 is 0 Å². The maximum atomic E-state index is 13.0. The maximum absolute atomic E-state index is 13.0. The van der Waals surface area contributed by atoms with Crippen molar-refractivity contribution in [1.82, 2.24) is 34.5 Å². The van der Waals surface area contributed by atoms with Gasteiger partial charge in [-0.1, -0.05) is 18.2 Å². The zero-order chi connectivity index (χ0) is 25.2. The predicted molar refractivity (Wildman–Crippen MR) is 137 cm³/mol. The summed E-state index contributed by atoms with van der Waals surface area (Å²) in [5, 5.41) is 16.4. The molecule has 2 N–H and O–H groups in total. The minimum Gasteiger partial charge on any atom is -0.357 e. The monoisotopic (exact) mass is 484 g/mol. The number of anilines is 1. The summed E-state index contributed by atoms with van der Waals surface area (Å²) in [5.41, 5.74) is 3.91. The first-order chi connectivity index (χ1) is 17.4. The molecule has 0 saturated carbocycles. The normalized spacial score (nSPS) is 12.4. The highest BCUT2D eigenvalue weighted by Crippen LogP contribution is 2.26. The molecule has 0 aliphatic carbocycles. The van der Waals surface area contributed by atoms with E-state index in [9.17, 15) is 4.79 Å². The van der Waals surface area contributed by atoms with Gasteiger partial charge in [-0.2, -0.15) is 5.10 Å². The van der Waals surface area contributed by atoms with Crippen molar-refractivity contribution in [3.05, 3.63) is 66.9 Å². The Morgan fingerprint density at radius 1 is 1.14 bits per heavy atom. The number of ether oxygens (including phenoxy) is 1. The van der Waals surface area contributed by atoms with E-state index >= 15 is 0 Å². The fourth-order valence-corrected chi connectivity index (χ4v) is 4.05. The third-order valence-corrected chi connectivity index (χ3v) is 5.93. The van der Waals surface area contributed by atoms with Gasteiger partial charge in [-0.3, -0.25) is 4.79 Å². The Hall–Kier alpha value is -4.31. The summed E-state index contributed by atoms with van der Waals surface area (Å²) >= 11 is 0. The summed E-state index contributed by atoms with van der Waals surface area (Å²) < 4.78 is 9.34. The second-order valence-electron chi connectivity index (χ2n) is 8.77. The molecule has 4 aromatic heterocycles. The Labute approximate surface area is 208 Å². The van der Waals surface area contributed by atoms with E-state index in [1.165, 1.54) is 0 Å². The van der Waals surface area contributed by atoms with Gasteiger partial charge < -0.3 is 19.6 Å². The topological polar surface area (TPSA) is 116 Å². The molecule has 10 heteroatoms. The Morgan fingerprint density at radius 3 is 2.81 bits per heavy atom. The molecule has 0 bridgehead atoms. The second kappa shape index (κ2) is 9.74. The number of aromatic nitrogens is 7. The third kappa shape index (κ3) is 4.63. The lowest BCUT2D eigenvalue weighted by molar-refractivity contribution is 0.0160. The number of H-pyrrole nitrogens is 1. The number of hydrogen-bond acceptors (Lipinski definition) is 6. The zero-order valence-corrected chi connectivity index (χ0v) is 20.6. The Morgan fingerprint density at radius 2 is 2.00 bits per heavy atom. The molecule has 0 aliphatic heterocycles. The number of pyridine rings is 1. The minimum atomic E-state index is -0.277. The van der Waals surface area contributed by atoms with Gasteiger partial charge in [0.05, 0.1) is 6.20 Å². The number of aromatic amines is 1. The van der Waals surface area contributed by atoms with Crippen LogP contribution < -0.4 is 5.32 Å². The average Bonchev–Trinajstić information content (AvgIpc) is 3.63. The Kier molecular flexibility index (Phi) is 6.34. The number of fused-ring (bicyclic) bond motifs is 1. The lowest BCUT2D eigenvalue weighted by atomic mass is 10.1. The molecule has 4 heterocycles. The molecule has 5 rings (SSSR count). The van der Waals surface area contributed by atoms with Crippen LogP contribution in [-0.4, -0.2) is 47.0 Å². The lowest BCUT2D eigenvalue weighted by Crippen LogP contribution is -2.13. The molecule has 1 atom stereocenters. The average molecular weight is 485 g/mol. The van der Waals surface area contributed by atoms with Crippen LogP contribution in [0.2, 0.25) is 0 Å². The molecule has 0 radical (unpaired) electrons. The van der Waals surface area contributed by atoms with Crippen molar-refractivity contribution in [1.29, 1.82) is 0 Å². The van der Waals surface area contributed by atoms with Crippen LogP contribution in [0.15, 0.2) is 61.2 Å². The number of amides is 1. The van der Waals surface area contributed by atoms with Crippen LogP contribution in [0.1, 0.15) is 50.5 Å². The SMILES string of the molecule is CCOC(C)n1cc(-c2ccc3cc(C(=O)Nc4cccc(-c5nncn5C(C)C)n4)[nH]c3c2)cn1. The van der Waals surface area contributed by atoms with Gasteiger partial charge >= 0.3 is 0 Å². The summed E-state index contributed by atoms with van der Waals surface area (Å²) in [7, 11) is 0. The molecule has 0 fully saturated rings. The van der Waals surface area contributed by atoms with Crippen molar-refractivity contribution < 1.29 is 9.53 Å². The van der Waals surface area contributed by atoms with E-state index in [1.54, 1.807) is 17.1 Å². The quantitative estimate of drug-likeness (QED) is 0.318. The first kappa shape index (κ1) is 23.4. The largest absolute Gasteiger partial charge is 0.357 e. The smallest absolute Gasteiger partial charge is 0.273 e. The van der Waals surface area contributed by atoms with Gasteiger partial charge in [0.25, 0.3) is 5.91 Å². The molecule has 1 unspecified atom stereocenters. The first-order valence-electron chi connectivity index (χ1n) is 11.9. The Bertz CT molecular complexity index is 1510. The van der Waals surface area contributed by atoms with Crippen molar-refractivity contribution in [2.75, 3.05) is 11.9 Å². The molecule has 1 amide bonds. The van der Waals surface area contributed by atoms with Gasteiger partial charge in [0.2, 0.25) is 0 Å². The summed E-state index contributed by atoms with van der Waals surface area (Å²) in [6, 6.07) is 13.5. The van der Waals surface area contributed by atoms with Gasteiger partial charge in [0, 0.05) is 35.3 Å². The van der Waals surface area contributed by atoms with E-state index in [0.29, 0.717) is 29.6 Å². The fourth-order valence-electron chi connectivity index (χ4n) is 4.05. The number of nitrogens with zero attached hydrogens (tertiary/aromatic N) is 6. The molecule has 184 valence electrons. The molecule has 36 heavy (non-hydrogen) atoms. The van der Waals surface area contributed by atoms with Crippen molar-refractivity contribution >= 4 is 22.6 Å². The number of benzene rings is 1. The van der Waals surface area contributed by atoms with Crippen LogP contribution in [-0.2, 0) is 4.74 Å². The van der Waals surface area contributed by atoms with E-state index in [-0.39, 0.29) is 18.2 Å². The minimum absolute atomic E-state index is 0.137. The fraction of sp³-hybridized carbons (Fsp3) is 0.269. The van der Waals surface area contributed by atoms with Gasteiger partial charge in [0.15, 0.2) is 5.82 Å². The highest BCUT2D eigenvalue weighted by molar-refractivity contribution is 6.05. The van der Waals surface area contributed by atoms with Gasteiger partial charge in [0.1, 0.15) is 29.8 Å². The second-order valence-corrected chi connectivity index (χ2v) is 8.77. The standard InChI is InChI=1S/C26H28N8O2/c1-5-36-17(4)34-14-20(13-28-34)18-9-10-19-12-23(29-22(19)11-18)26(35)31-24-8-6-7-21(30-24)25-32-27-15-33(25)16(2)3/h6-17,29H,5H2,1-4H3,(H,30,31,35). The molecule has 5 aromatic rings. The highest BCUT2D eigenvalue weighted by atomic mass is 16.5. The van der Waals surface area contributed by atoms with Crippen LogP contribution in [0.25, 0.3) is 33.5 Å². The zero-order valence-electron chi connectivity index (χ0n) is 20.6. The van der Waals surface area contributed by atoms with Crippen LogP contribution in [0.5, 0.6) is 0 Å². The first-order valence-corrected chi connectivity index (χ1v) is 11.9. The van der Waals surface area contributed by atoms with Gasteiger partial charge in [-0.05, 0) is 57.5 Å². The van der Waals surface area contributed by atoms with Crippen molar-refractivity contribution in [2.45, 2.75) is 40.0 Å². The van der Waals surface area contributed by atoms with E-state index in [4.69, 9.17) is 4.74 Å². The number of carbonyl (C=O) groups is 1. The number of nitrogens with one attached hydrogen (secondary N) is 2. The summed E-state index contributed by atoms with van der Waals surface area (Å²) in [4.78, 5) is 20.8. The maximum Gasteiger partial charge on any atom is 0.273 e. The lowest BCUT2D eigenvalue weighted by Gasteiger charge is -2.11.